The van der Waals surface area contributed by atoms with Gasteiger partial charge in [0.2, 0.25) is 0 Å². The second-order valence-corrected chi connectivity index (χ2v) is 4.66. The van der Waals surface area contributed by atoms with E-state index in [4.69, 9.17) is 5.90 Å². The molecule has 3 N–H and O–H groups in total. The molecule has 0 saturated carbocycles. The maximum absolute atomic E-state index is 4.93. The van der Waals surface area contributed by atoms with Crippen LogP contribution in [0.4, 0.5) is 0 Å². The van der Waals surface area contributed by atoms with Crippen molar-refractivity contribution in [2.75, 3.05) is 6.61 Å². The van der Waals surface area contributed by atoms with Crippen LogP contribution in [0, 0.1) is 0 Å². The van der Waals surface area contributed by atoms with Gasteiger partial charge >= 0.3 is 0 Å². The molecule has 4 heteroatoms. The molecule has 0 aromatic heterocycles. The van der Waals surface area contributed by atoms with Crippen LogP contribution in [0.2, 0.25) is 0 Å². The molecule has 10 heavy (non-hydrogen) atoms. The molecule has 0 heterocycles. The van der Waals surface area contributed by atoms with Gasteiger partial charge < -0.3 is 10.2 Å². The Hall–Kier alpha value is 0.480. The van der Waals surface area contributed by atoms with E-state index in [9.17, 15) is 0 Å². The van der Waals surface area contributed by atoms with Gasteiger partial charge in [0.15, 0.2) is 0 Å². The minimum Gasteiger partial charge on any atom is -0.302 e. The number of nitrogens with two attached hydrogens (primary N) is 1. The molecule has 1 unspecified atom stereocenters. The lowest BCUT2D eigenvalue weighted by atomic mass is 10.4. The molecule has 0 rings (SSSR count). The van der Waals surface area contributed by atoms with Gasteiger partial charge in [-0.25, -0.2) is 5.90 Å². The first kappa shape index (κ1) is 10.5. The van der Waals surface area contributed by atoms with Crippen molar-refractivity contribution in [3.05, 3.63) is 0 Å². The molecule has 62 valence electrons. The average molecular weight is 258 g/mol. The van der Waals surface area contributed by atoms with Gasteiger partial charge in [0.05, 0.1) is 10.7 Å². The number of rotatable bonds is 5. The highest BCUT2D eigenvalue weighted by atomic mass is 127. The van der Waals surface area contributed by atoms with Gasteiger partial charge in [-0.3, -0.25) is 0 Å². The van der Waals surface area contributed by atoms with Crippen molar-refractivity contribution < 1.29 is 4.84 Å². The monoisotopic (exact) mass is 258 g/mol. The standard InChI is InChI=1S/C6H15IN2O/c1-5(2)9-6(7-3)4-10-8/h5-6,9H,3-4,8H2,1-2H3. The molecule has 0 aromatic carbocycles. The van der Waals surface area contributed by atoms with E-state index in [0.717, 1.165) is 0 Å². The number of hydrogen-bond donors (Lipinski definition) is 2. The smallest absolute Gasteiger partial charge is 0.0920 e. The second kappa shape index (κ2) is 6.21. The third-order valence-corrected chi connectivity index (χ3v) is 2.73. The molecule has 3 nitrogen and oxygen atoms in total. The molecular weight excluding hydrogens is 243 g/mol. The van der Waals surface area contributed by atoms with Crippen LogP contribution in [0.1, 0.15) is 13.8 Å². The highest BCUT2D eigenvalue weighted by molar-refractivity contribution is 14.2. The summed E-state index contributed by atoms with van der Waals surface area (Å²) in [5, 5.41) is 3.31. The Kier molecular flexibility index (Phi) is 6.50. The lowest BCUT2D eigenvalue weighted by molar-refractivity contribution is 0.134. The van der Waals surface area contributed by atoms with E-state index in [0.29, 0.717) is 16.7 Å². The Labute approximate surface area is 72.0 Å². The largest absolute Gasteiger partial charge is 0.302 e. The van der Waals surface area contributed by atoms with Crippen LogP contribution in [0.5, 0.6) is 0 Å². The van der Waals surface area contributed by atoms with Gasteiger partial charge in [-0.1, -0.05) is 4.51 Å². The molecule has 0 amide bonds. The first-order chi connectivity index (χ1) is 4.70. The topological polar surface area (TPSA) is 47.3 Å². The molecule has 0 aliphatic heterocycles. The third-order valence-electron chi connectivity index (χ3n) is 0.943. The first-order valence-corrected chi connectivity index (χ1v) is 5.92. The van der Waals surface area contributed by atoms with E-state index in [1.165, 1.54) is 0 Å². The van der Waals surface area contributed by atoms with E-state index in [1.54, 1.807) is 0 Å². The van der Waals surface area contributed by atoms with E-state index in [-0.39, 0.29) is 20.7 Å². The van der Waals surface area contributed by atoms with Gasteiger partial charge in [0.25, 0.3) is 0 Å². The molecule has 0 aliphatic carbocycles. The minimum absolute atomic E-state index is 0.0646. The van der Waals surface area contributed by atoms with E-state index in [1.807, 2.05) is 0 Å². The maximum Gasteiger partial charge on any atom is 0.0920 e. The fraction of sp³-hybridized carbons (Fsp3) is 0.833. The summed E-state index contributed by atoms with van der Waals surface area (Å²) in [6.07, 6.45) is 0. The molecule has 1 atom stereocenters. The van der Waals surface area contributed by atoms with Gasteiger partial charge in [-0.2, -0.15) is 0 Å². The zero-order chi connectivity index (χ0) is 7.98. The van der Waals surface area contributed by atoms with Crippen LogP contribution < -0.4 is 11.2 Å². The van der Waals surface area contributed by atoms with Crippen LogP contribution >= 0.6 is 20.7 Å². The molecule has 0 spiro atoms. The van der Waals surface area contributed by atoms with Crippen LogP contribution in [0.25, 0.3) is 0 Å². The van der Waals surface area contributed by atoms with Crippen LogP contribution in [0.15, 0.2) is 0 Å². The fourth-order valence-electron chi connectivity index (χ4n) is 0.583. The summed E-state index contributed by atoms with van der Waals surface area (Å²) in [6.45, 7) is 4.78. The number of alkyl halides is 1. The quantitative estimate of drug-likeness (QED) is 0.328. The number of halogens is 1. The molecule has 0 radical (unpaired) electrons. The van der Waals surface area contributed by atoms with Crippen molar-refractivity contribution in [3.63, 3.8) is 0 Å². The molecule has 0 saturated heterocycles. The minimum atomic E-state index is -0.0646. The van der Waals surface area contributed by atoms with Crippen LogP contribution in [-0.2, 0) is 4.84 Å². The third kappa shape index (κ3) is 5.28. The first-order valence-electron chi connectivity index (χ1n) is 3.15. The molecule has 0 aromatic rings. The lowest BCUT2D eigenvalue weighted by Crippen LogP contribution is -2.34. The Morgan fingerprint density at radius 2 is 2.30 bits per heavy atom. The summed E-state index contributed by atoms with van der Waals surface area (Å²) in [7, 11) is 0. The summed E-state index contributed by atoms with van der Waals surface area (Å²) < 4.78 is 4.26. The predicted octanol–water partition coefficient (Wildman–Crippen LogP) is 0.604. The number of hydrogen-bond acceptors (Lipinski definition) is 3. The summed E-state index contributed by atoms with van der Waals surface area (Å²) in [5.74, 6) is 4.93. The number of nitrogens with one attached hydrogen (secondary N) is 1. The molecule has 0 bridgehead atoms. The summed E-state index contributed by atoms with van der Waals surface area (Å²) in [4.78, 5) is 4.52. The van der Waals surface area contributed by atoms with Crippen molar-refractivity contribution in [1.29, 1.82) is 0 Å². The predicted molar refractivity (Wildman–Crippen MR) is 53.3 cm³/mol. The van der Waals surface area contributed by atoms with Crippen molar-refractivity contribution in [2.24, 2.45) is 5.90 Å². The summed E-state index contributed by atoms with van der Waals surface area (Å²) >= 11 is -0.0646. The molecular formula is C6H15IN2O. The second-order valence-electron chi connectivity index (χ2n) is 2.28. The fourth-order valence-corrected chi connectivity index (χ4v) is 2.02. The van der Waals surface area contributed by atoms with Crippen LogP contribution in [-0.4, -0.2) is 21.2 Å². The summed E-state index contributed by atoms with van der Waals surface area (Å²) in [5.41, 5.74) is 0. The van der Waals surface area contributed by atoms with Crippen molar-refractivity contribution >= 4 is 25.2 Å². The van der Waals surface area contributed by atoms with E-state index >= 15 is 0 Å². The highest BCUT2D eigenvalue weighted by Gasteiger charge is 2.04. The van der Waals surface area contributed by atoms with Gasteiger partial charge in [0, 0.05) is 6.04 Å². The van der Waals surface area contributed by atoms with Gasteiger partial charge in [0.1, 0.15) is 0 Å². The Balaban J connectivity index is 3.49. The van der Waals surface area contributed by atoms with Gasteiger partial charge in [-0.05, 0) is 13.8 Å². The Bertz CT molecular complexity index is 97.7. The average Bonchev–Trinajstić information content (AvgIpc) is 1.86. The van der Waals surface area contributed by atoms with E-state index in [2.05, 4.69) is 28.5 Å². The zero-order valence-corrected chi connectivity index (χ0v) is 8.59. The SMILES string of the molecule is C=IC(CON)NC(C)C. The van der Waals surface area contributed by atoms with Crippen molar-refractivity contribution in [2.45, 2.75) is 23.9 Å². The van der Waals surface area contributed by atoms with Crippen LogP contribution in [0.3, 0.4) is 0 Å². The highest BCUT2D eigenvalue weighted by Crippen LogP contribution is 2.03. The van der Waals surface area contributed by atoms with Crippen molar-refractivity contribution in [1.82, 2.24) is 5.32 Å². The lowest BCUT2D eigenvalue weighted by Gasteiger charge is -2.14. The Morgan fingerprint density at radius 1 is 1.70 bits per heavy atom. The molecule has 0 fully saturated rings. The zero-order valence-electron chi connectivity index (χ0n) is 6.43. The Morgan fingerprint density at radius 3 is 2.60 bits per heavy atom. The van der Waals surface area contributed by atoms with Gasteiger partial charge in [-0.15, -0.1) is 20.7 Å². The molecule has 0 aliphatic rings. The summed E-state index contributed by atoms with van der Waals surface area (Å²) in [6, 6.07) is 0.488. The normalized spacial score (nSPS) is 14.0. The van der Waals surface area contributed by atoms with E-state index < -0.39 is 0 Å². The van der Waals surface area contributed by atoms with Crippen molar-refractivity contribution in [3.8, 4) is 0 Å². The maximum atomic E-state index is 4.93.